The Kier molecular flexibility index (Phi) is 9.08. The molecule has 2 N–H and O–H groups in total. The fourth-order valence-corrected chi connectivity index (χ4v) is 6.46. The van der Waals surface area contributed by atoms with E-state index in [2.05, 4.69) is 35.7 Å². The summed E-state index contributed by atoms with van der Waals surface area (Å²) in [5.41, 5.74) is 0.632. The van der Waals surface area contributed by atoms with E-state index in [0.29, 0.717) is 30.0 Å². The lowest BCUT2D eigenvalue weighted by Gasteiger charge is -2.54. The van der Waals surface area contributed by atoms with Gasteiger partial charge in [-0.1, -0.05) is 48.2 Å². The van der Waals surface area contributed by atoms with Crippen LogP contribution >= 0.6 is 24.0 Å². The molecule has 5 unspecified atom stereocenters. The zero-order valence-corrected chi connectivity index (χ0v) is 23.3. The first kappa shape index (κ1) is 28.1. The highest BCUT2D eigenvalue weighted by molar-refractivity contribution is 7.98. The van der Waals surface area contributed by atoms with Crippen molar-refractivity contribution in [2.75, 3.05) is 19.1 Å². The molecule has 1 aliphatic heterocycles. The van der Waals surface area contributed by atoms with E-state index in [9.17, 15) is 9.90 Å². The smallest absolute Gasteiger partial charge is 0.412 e. The molecule has 0 aromatic heterocycles. The molecule has 194 valence electrons. The lowest BCUT2D eigenvalue weighted by Crippen LogP contribution is -2.74. The Labute approximate surface area is 219 Å². The maximum Gasteiger partial charge on any atom is 0.412 e. The van der Waals surface area contributed by atoms with Gasteiger partial charge < -0.3 is 19.3 Å². The molecule has 5 atom stereocenters. The fraction of sp³-hybridized carbons (Fsp3) is 0.630. The number of alkyl carbamates (subject to hydrolysis) is 1. The number of ether oxygens (including phenoxy) is 3. The summed E-state index contributed by atoms with van der Waals surface area (Å²) in [6, 6.07) is 0. The van der Waals surface area contributed by atoms with Crippen molar-refractivity contribution in [2.45, 2.75) is 88.8 Å². The second-order valence-corrected chi connectivity index (χ2v) is 11.6. The van der Waals surface area contributed by atoms with Crippen LogP contribution in [0.1, 0.15) is 59.8 Å². The molecule has 1 saturated carbocycles. The van der Waals surface area contributed by atoms with E-state index in [4.69, 9.17) is 26.4 Å². The highest BCUT2D eigenvalue weighted by Crippen LogP contribution is 2.59. The first-order chi connectivity index (χ1) is 16.5. The third-order valence-corrected chi connectivity index (χ3v) is 8.12. The number of rotatable bonds is 7. The number of methoxy groups -OCH3 is 1. The van der Waals surface area contributed by atoms with Crippen LogP contribution in [-0.2, 0) is 14.2 Å². The van der Waals surface area contributed by atoms with Crippen molar-refractivity contribution in [2.24, 2.45) is 0 Å². The molecule has 2 bridgehead atoms. The van der Waals surface area contributed by atoms with Crippen LogP contribution in [0.4, 0.5) is 4.79 Å². The molecule has 2 fully saturated rings. The quantitative estimate of drug-likeness (QED) is 0.263. The number of epoxide rings is 1. The van der Waals surface area contributed by atoms with Crippen LogP contribution in [0.15, 0.2) is 47.1 Å². The van der Waals surface area contributed by atoms with E-state index in [1.165, 1.54) is 34.9 Å². The Morgan fingerprint density at radius 1 is 1.31 bits per heavy atom. The predicted octanol–water partition coefficient (Wildman–Crippen LogP) is 5.42. The summed E-state index contributed by atoms with van der Waals surface area (Å²) < 4.78 is 18.0. The summed E-state index contributed by atoms with van der Waals surface area (Å²) in [5.74, 6) is 0.408. The van der Waals surface area contributed by atoms with Crippen LogP contribution in [0.25, 0.3) is 0 Å². The second kappa shape index (κ2) is 11.3. The van der Waals surface area contributed by atoms with Gasteiger partial charge in [0.05, 0.1) is 11.1 Å². The van der Waals surface area contributed by atoms with Crippen LogP contribution in [-0.4, -0.2) is 64.3 Å². The molecule has 1 saturated heterocycles. The summed E-state index contributed by atoms with van der Waals surface area (Å²) in [6.45, 7) is 7.59. The van der Waals surface area contributed by atoms with Crippen molar-refractivity contribution in [3.05, 3.63) is 47.1 Å². The number of allylic oxidation sites excluding steroid dienone is 7. The number of fused-ring (bicyclic) bond motifs is 2. The molecule has 8 heteroatoms. The van der Waals surface area contributed by atoms with Gasteiger partial charge in [-0.15, -0.1) is 0 Å². The zero-order valence-electron chi connectivity index (χ0n) is 21.7. The van der Waals surface area contributed by atoms with Crippen molar-refractivity contribution < 1.29 is 24.1 Å². The molecule has 35 heavy (non-hydrogen) atoms. The zero-order chi connectivity index (χ0) is 25.9. The Morgan fingerprint density at radius 2 is 1.97 bits per heavy atom. The lowest BCUT2D eigenvalue weighted by atomic mass is 9.63. The Hall–Kier alpha value is -1.45. The maximum absolute atomic E-state index is 12.7. The topological polar surface area (TPSA) is 80.3 Å². The van der Waals surface area contributed by atoms with Crippen LogP contribution < -0.4 is 5.32 Å². The normalized spacial score (nSPS) is 34.3. The van der Waals surface area contributed by atoms with Gasteiger partial charge in [-0.25, -0.2) is 4.79 Å². The second-order valence-electron chi connectivity index (χ2n) is 10.1. The van der Waals surface area contributed by atoms with Crippen molar-refractivity contribution >= 4 is 35.1 Å². The first-order valence-corrected chi connectivity index (χ1v) is 13.9. The van der Waals surface area contributed by atoms with Gasteiger partial charge >= 0.3 is 6.09 Å². The molecule has 0 spiro atoms. The van der Waals surface area contributed by atoms with Crippen LogP contribution in [0.2, 0.25) is 0 Å². The van der Waals surface area contributed by atoms with Gasteiger partial charge in [-0.05, 0) is 77.2 Å². The average Bonchev–Trinajstić information content (AvgIpc) is 3.11. The number of thioether (sulfide) groups is 1. The van der Waals surface area contributed by atoms with E-state index < -0.39 is 29.0 Å². The molecule has 6 nitrogen and oxygen atoms in total. The molecular weight excluding hydrogens is 482 g/mol. The number of hydrogen-bond donors (Lipinski definition) is 2. The average molecular weight is 522 g/mol. The van der Waals surface area contributed by atoms with Crippen LogP contribution in [0, 0.1) is 0 Å². The molecule has 1 heterocycles. The largest absolute Gasteiger partial charge is 0.434 e. The van der Waals surface area contributed by atoms with E-state index in [1.807, 2.05) is 27.0 Å². The van der Waals surface area contributed by atoms with Gasteiger partial charge in [-0.3, -0.25) is 5.32 Å². The van der Waals surface area contributed by atoms with Gasteiger partial charge in [0.15, 0.2) is 5.60 Å². The van der Waals surface area contributed by atoms with Gasteiger partial charge in [0.2, 0.25) is 0 Å². The van der Waals surface area contributed by atoms with E-state index in [1.54, 1.807) is 14.0 Å². The highest BCUT2D eigenvalue weighted by Gasteiger charge is 2.78. The molecule has 4 aliphatic rings. The number of aliphatic hydroxyl groups is 1. The van der Waals surface area contributed by atoms with Crippen molar-refractivity contribution in [3.63, 3.8) is 0 Å². The monoisotopic (exact) mass is 521 g/mol. The predicted molar refractivity (Wildman–Crippen MR) is 146 cm³/mol. The molecule has 0 aromatic rings. The van der Waals surface area contributed by atoms with Gasteiger partial charge in [0.25, 0.3) is 0 Å². The van der Waals surface area contributed by atoms with E-state index in [-0.39, 0.29) is 6.10 Å². The van der Waals surface area contributed by atoms with Crippen molar-refractivity contribution in [3.8, 4) is 0 Å². The van der Waals surface area contributed by atoms with E-state index in [0.717, 1.165) is 6.42 Å². The standard InChI is InChI=1S/C20H33NO5S2.C7H6/c1-13(2)9-10-15-18(4,25-15)20(26-17(22)21-14(3)27)16(24-5)8-7-11-19(20,23)12-28-6;1-2-7-4-3-6(1)5-7/h9,15-16,23H,7-8,10-12H2,1-6H3,(H,21,22,27);1-4H,5H2. The molecule has 3 aliphatic carbocycles. The fourth-order valence-electron chi connectivity index (χ4n) is 5.54. The summed E-state index contributed by atoms with van der Waals surface area (Å²) in [6.07, 6.45) is 15.2. The molecule has 0 radical (unpaired) electrons. The van der Waals surface area contributed by atoms with E-state index >= 15 is 0 Å². The Balaban J connectivity index is 0.000000410. The number of carbonyl (C=O) groups is 1. The lowest BCUT2D eigenvalue weighted by molar-refractivity contribution is -0.245. The Bertz CT molecular complexity index is 929. The van der Waals surface area contributed by atoms with Crippen LogP contribution in [0.5, 0.6) is 0 Å². The number of amides is 1. The SMILES string of the molecule is C1=CC2=CC=C1C2.COC1CCCC(O)(CSC)C1(OC(=O)NC(C)=S)C1(C)OC1CC=C(C)C. The number of thiocarbonyl (C=S) groups is 1. The minimum atomic E-state index is -1.34. The third-order valence-electron chi connectivity index (χ3n) is 7.25. The highest BCUT2D eigenvalue weighted by atomic mass is 32.2. The minimum absolute atomic E-state index is 0.173. The molecule has 0 aromatic carbocycles. The van der Waals surface area contributed by atoms with Crippen molar-refractivity contribution in [1.29, 1.82) is 0 Å². The summed E-state index contributed by atoms with van der Waals surface area (Å²) in [7, 11) is 1.59. The third kappa shape index (κ3) is 5.77. The van der Waals surface area contributed by atoms with Gasteiger partial charge in [-0.2, -0.15) is 11.8 Å². The number of carbonyl (C=O) groups excluding carboxylic acids is 1. The summed E-state index contributed by atoms with van der Waals surface area (Å²) in [5, 5.41) is 14.3. The first-order valence-electron chi connectivity index (χ1n) is 12.1. The van der Waals surface area contributed by atoms with Crippen LogP contribution in [0.3, 0.4) is 0 Å². The molecule has 1 amide bonds. The van der Waals surface area contributed by atoms with Crippen molar-refractivity contribution in [1.82, 2.24) is 5.32 Å². The number of hydrogen-bond acceptors (Lipinski definition) is 7. The Morgan fingerprint density at radius 3 is 2.43 bits per heavy atom. The minimum Gasteiger partial charge on any atom is -0.434 e. The maximum atomic E-state index is 12.7. The van der Waals surface area contributed by atoms with Gasteiger partial charge in [0.1, 0.15) is 17.3 Å². The number of nitrogens with one attached hydrogen (secondary N) is 1. The summed E-state index contributed by atoms with van der Waals surface area (Å²) in [4.78, 5) is 13.0. The molecule has 4 rings (SSSR count). The summed E-state index contributed by atoms with van der Waals surface area (Å²) >= 11 is 6.51. The van der Waals surface area contributed by atoms with Gasteiger partial charge in [0, 0.05) is 12.9 Å². The molecular formula is C27H39NO5S2.